The van der Waals surface area contributed by atoms with E-state index >= 15 is 0 Å². The largest absolute Gasteiger partial charge is 0.478 e. The van der Waals surface area contributed by atoms with Gasteiger partial charge in [-0.15, -0.1) is 0 Å². The molecule has 4 nitrogen and oxygen atoms in total. The Morgan fingerprint density at radius 3 is 2.72 bits per heavy atom. The fraction of sp³-hybridized carbons (Fsp3) is 0.643. The fourth-order valence-corrected chi connectivity index (χ4v) is 2.50. The Hall–Kier alpha value is -1.29. The fourth-order valence-electron chi connectivity index (χ4n) is 2.50. The first-order valence-electron chi connectivity index (χ1n) is 6.79. The summed E-state index contributed by atoms with van der Waals surface area (Å²) in [5, 5.41) is 0. The second-order valence-corrected chi connectivity index (χ2v) is 4.95. The van der Waals surface area contributed by atoms with Crippen molar-refractivity contribution in [1.82, 2.24) is 4.98 Å². The van der Waals surface area contributed by atoms with Crippen molar-refractivity contribution in [1.29, 1.82) is 0 Å². The van der Waals surface area contributed by atoms with Crippen LogP contribution in [-0.2, 0) is 0 Å². The van der Waals surface area contributed by atoms with E-state index in [9.17, 15) is 0 Å². The van der Waals surface area contributed by atoms with E-state index in [1.165, 1.54) is 0 Å². The molecular formula is C14H23N3O. The summed E-state index contributed by atoms with van der Waals surface area (Å²) in [6.45, 7) is 2.62. The van der Waals surface area contributed by atoms with E-state index in [-0.39, 0.29) is 0 Å². The highest BCUT2D eigenvalue weighted by Gasteiger charge is 2.22. The van der Waals surface area contributed by atoms with E-state index in [1.54, 1.807) is 0 Å². The Kier molecular flexibility index (Phi) is 4.42. The minimum Gasteiger partial charge on any atom is -0.478 e. The van der Waals surface area contributed by atoms with Gasteiger partial charge in [0.05, 0.1) is 6.61 Å². The van der Waals surface area contributed by atoms with Crippen molar-refractivity contribution in [3.63, 3.8) is 0 Å². The van der Waals surface area contributed by atoms with Gasteiger partial charge in [-0.25, -0.2) is 0 Å². The third-order valence-electron chi connectivity index (χ3n) is 3.65. The van der Waals surface area contributed by atoms with Crippen molar-refractivity contribution in [2.75, 3.05) is 18.6 Å². The zero-order valence-electron chi connectivity index (χ0n) is 11.3. The molecule has 0 aromatic carbocycles. The van der Waals surface area contributed by atoms with Crippen LogP contribution in [0.5, 0.6) is 5.88 Å². The van der Waals surface area contributed by atoms with Crippen LogP contribution in [0.25, 0.3) is 0 Å². The van der Waals surface area contributed by atoms with Gasteiger partial charge in [0.2, 0.25) is 5.88 Å². The van der Waals surface area contributed by atoms with Gasteiger partial charge in [-0.1, -0.05) is 6.07 Å². The molecule has 0 aliphatic heterocycles. The third kappa shape index (κ3) is 3.13. The van der Waals surface area contributed by atoms with Gasteiger partial charge in [0.25, 0.3) is 0 Å². The van der Waals surface area contributed by atoms with Gasteiger partial charge in [-0.05, 0) is 38.7 Å². The minimum atomic E-state index is 0.386. The SMILES string of the molecule is CCOc1cccc(N(C)C2CCC(N)CC2)n1. The average molecular weight is 249 g/mol. The molecule has 0 unspecified atom stereocenters. The predicted octanol–water partition coefficient (Wildman–Crippen LogP) is 2.19. The van der Waals surface area contributed by atoms with Crippen molar-refractivity contribution in [2.45, 2.75) is 44.7 Å². The second-order valence-electron chi connectivity index (χ2n) is 4.95. The van der Waals surface area contributed by atoms with Gasteiger partial charge in [0.1, 0.15) is 5.82 Å². The Bertz CT molecular complexity index is 375. The number of rotatable bonds is 4. The molecule has 0 atom stereocenters. The van der Waals surface area contributed by atoms with E-state index < -0.39 is 0 Å². The number of hydrogen-bond acceptors (Lipinski definition) is 4. The molecule has 1 aromatic heterocycles. The van der Waals surface area contributed by atoms with Crippen LogP contribution in [0.3, 0.4) is 0 Å². The summed E-state index contributed by atoms with van der Waals surface area (Å²) in [4.78, 5) is 6.79. The van der Waals surface area contributed by atoms with Crippen molar-refractivity contribution >= 4 is 5.82 Å². The molecule has 4 heteroatoms. The van der Waals surface area contributed by atoms with Gasteiger partial charge in [-0.2, -0.15) is 4.98 Å². The van der Waals surface area contributed by atoms with Gasteiger partial charge in [0.15, 0.2) is 0 Å². The molecule has 2 N–H and O–H groups in total. The molecule has 1 aliphatic rings. The highest BCUT2D eigenvalue weighted by molar-refractivity contribution is 5.41. The molecule has 1 fully saturated rings. The van der Waals surface area contributed by atoms with E-state index in [0.29, 0.717) is 24.6 Å². The number of nitrogens with zero attached hydrogens (tertiary/aromatic N) is 2. The first-order chi connectivity index (χ1) is 8.70. The smallest absolute Gasteiger partial charge is 0.215 e. The van der Waals surface area contributed by atoms with Crippen LogP contribution in [0.1, 0.15) is 32.6 Å². The van der Waals surface area contributed by atoms with Crippen molar-refractivity contribution < 1.29 is 4.74 Å². The molecule has 1 heterocycles. The molecule has 2 rings (SSSR count). The number of anilines is 1. The van der Waals surface area contributed by atoms with Crippen LogP contribution < -0.4 is 15.4 Å². The normalized spacial score (nSPS) is 23.7. The van der Waals surface area contributed by atoms with Crippen LogP contribution in [-0.4, -0.2) is 30.7 Å². The molecule has 18 heavy (non-hydrogen) atoms. The maximum Gasteiger partial charge on any atom is 0.215 e. The van der Waals surface area contributed by atoms with Crippen LogP contribution in [0.15, 0.2) is 18.2 Å². The zero-order valence-corrected chi connectivity index (χ0v) is 11.3. The highest BCUT2D eigenvalue weighted by Crippen LogP contribution is 2.25. The lowest BCUT2D eigenvalue weighted by Crippen LogP contribution is -2.39. The zero-order chi connectivity index (χ0) is 13.0. The quantitative estimate of drug-likeness (QED) is 0.888. The van der Waals surface area contributed by atoms with Crippen molar-refractivity contribution in [3.8, 4) is 5.88 Å². The Labute approximate surface area is 109 Å². The summed E-state index contributed by atoms with van der Waals surface area (Å²) in [5.74, 6) is 1.69. The summed E-state index contributed by atoms with van der Waals surface area (Å²) < 4.78 is 5.44. The highest BCUT2D eigenvalue weighted by atomic mass is 16.5. The summed E-state index contributed by atoms with van der Waals surface area (Å²) >= 11 is 0. The molecule has 0 spiro atoms. The second kappa shape index (κ2) is 6.05. The molecule has 0 bridgehead atoms. The number of pyridine rings is 1. The van der Waals surface area contributed by atoms with Gasteiger partial charge >= 0.3 is 0 Å². The van der Waals surface area contributed by atoms with Crippen molar-refractivity contribution in [2.24, 2.45) is 5.73 Å². The van der Waals surface area contributed by atoms with Crippen LogP contribution in [0, 0.1) is 0 Å². The molecule has 1 saturated carbocycles. The third-order valence-corrected chi connectivity index (χ3v) is 3.65. The number of aromatic nitrogens is 1. The lowest BCUT2D eigenvalue weighted by atomic mass is 9.91. The molecule has 0 radical (unpaired) electrons. The van der Waals surface area contributed by atoms with Crippen LogP contribution >= 0.6 is 0 Å². The summed E-state index contributed by atoms with van der Waals surface area (Å²) in [6, 6.07) is 6.87. The van der Waals surface area contributed by atoms with Gasteiger partial charge in [-0.3, -0.25) is 0 Å². The topological polar surface area (TPSA) is 51.4 Å². The Morgan fingerprint density at radius 2 is 2.06 bits per heavy atom. The first-order valence-corrected chi connectivity index (χ1v) is 6.79. The number of hydrogen-bond donors (Lipinski definition) is 1. The maximum atomic E-state index is 5.95. The Balaban J connectivity index is 2.03. The summed E-state index contributed by atoms with van der Waals surface area (Å²) in [6.07, 6.45) is 4.52. The maximum absolute atomic E-state index is 5.95. The number of nitrogens with two attached hydrogens (primary N) is 1. The number of ether oxygens (including phenoxy) is 1. The summed E-state index contributed by atoms with van der Waals surface area (Å²) in [5.41, 5.74) is 5.95. The first kappa shape index (κ1) is 13.1. The Morgan fingerprint density at radius 1 is 1.33 bits per heavy atom. The standard InChI is InChI=1S/C14H23N3O/c1-3-18-14-6-4-5-13(16-14)17(2)12-9-7-11(15)8-10-12/h4-6,11-12H,3,7-10,15H2,1-2H3. The lowest BCUT2D eigenvalue weighted by molar-refractivity contribution is 0.326. The van der Waals surface area contributed by atoms with E-state index in [2.05, 4.69) is 16.9 Å². The van der Waals surface area contributed by atoms with E-state index in [0.717, 1.165) is 31.5 Å². The molecule has 0 amide bonds. The molecule has 1 aromatic rings. The minimum absolute atomic E-state index is 0.386. The van der Waals surface area contributed by atoms with Gasteiger partial charge < -0.3 is 15.4 Å². The lowest BCUT2D eigenvalue weighted by Gasteiger charge is -2.34. The molecular weight excluding hydrogens is 226 g/mol. The monoisotopic (exact) mass is 249 g/mol. The van der Waals surface area contributed by atoms with Crippen LogP contribution in [0.2, 0.25) is 0 Å². The van der Waals surface area contributed by atoms with Crippen LogP contribution in [0.4, 0.5) is 5.82 Å². The van der Waals surface area contributed by atoms with Crippen molar-refractivity contribution in [3.05, 3.63) is 18.2 Å². The van der Waals surface area contributed by atoms with Gasteiger partial charge in [0, 0.05) is 25.2 Å². The van der Waals surface area contributed by atoms with E-state index in [1.807, 2.05) is 25.1 Å². The predicted molar refractivity (Wildman–Crippen MR) is 74.0 cm³/mol. The summed E-state index contributed by atoms with van der Waals surface area (Å²) in [7, 11) is 2.11. The average Bonchev–Trinajstić information content (AvgIpc) is 2.39. The molecule has 0 saturated heterocycles. The molecule has 100 valence electrons. The van der Waals surface area contributed by atoms with E-state index in [4.69, 9.17) is 10.5 Å². The molecule has 1 aliphatic carbocycles.